The van der Waals surface area contributed by atoms with Crippen molar-refractivity contribution < 1.29 is 9.21 Å². The molecule has 0 saturated carbocycles. The van der Waals surface area contributed by atoms with E-state index in [1.54, 1.807) is 0 Å². The molecule has 4 nitrogen and oxygen atoms in total. The number of amides is 1. The van der Waals surface area contributed by atoms with E-state index in [9.17, 15) is 4.79 Å². The molecule has 1 N–H and O–H groups in total. The number of benzene rings is 2. The molecule has 1 unspecified atom stereocenters. The number of hydrogen-bond donors (Lipinski definition) is 1. The van der Waals surface area contributed by atoms with Gasteiger partial charge in [-0.3, -0.25) is 10.1 Å². The molecule has 2 aromatic carbocycles. The van der Waals surface area contributed by atoms with Crippen molar-refractivity contribution in [1.82, 2.24) is 5.32 Å². The van der Waals surface area contributed by atoms with Crippen LogP contribution in [0.1, 0.15) is 30.7 Å². The smallest absolute Gasteiger partial charge is 0.240 e. The Kier molecular flexibility index (Phi) is 4.28. The third kappa shape index (κ3) is 3.17. The van der Waals surface area contributed by atoms with Crippen molar-refractivity contribution in [2.75, 3.05) is 18.0 Å². The van der Waals surface area contributed by atoms with Crippen LogP contribution in [-0.2, 0) is 11.2 Å². The molecule has 128 valence electrons. The summed E-state index contributed by atoms with van der Waals surface area (Å²) in [4.78, 5) is 14.6. The monoisotopic (exact) mass is 334 g/mol. The van der Waals surface area contributed by atoms with Gasteiger partial charge in [0.25, 0.3) is 0 Å². The topological polar surface area (TPSA) is 45.5 Å². The lowest BCUT2D eigenvalue weighted by molar-refractivity contribution is -0.118. The van der Waals surface area contributed by atoms with E-state index in [2.05, 4.69) is 11.4 Å². The summed E-state index contributed by atoms with van der Waals surface area (Å²) in [6, 6.07) is 18.1. The number of para-hydroxylation sites is 2. The van der Waals surface area contributed by atoms with Crippen LogP contribution in [0.4, 0.5) is 5.69 Å². The van der Waals surface area contributed by atoms with E-state index in [0.717, 1.165) is 41.8 Å². The number of furan rings is 1. The lowest BCUT2D eigenvalue weighted by Crippen LogP contribution is -2.41. The van der Waals surface area contributed by atoms with Gasteiger partial charge in [-0.2, -0.15) is 0 Å². The molecule has 0 aliphatic carbocycles. The highest BCUT2D eigenvalue weighted by Gasteiger charge is 2.22. The minimum atomic E-state index is -0.0172. The van der Waals surface area contributed by atoms with Gasteiger partial charge in [-0.1, -0.05) is 36.4 Å². The van der Waals surface area contributed by atoms with Crippen molar-refractivity contribution in [3.63, 3.8) is 0 Å². The van der Waals surface area contributed by atoms with Crippen LogP contribution in [0.15, 0.2) is 59.0 Å². The Balaban J connectivity index is 1.43. The second-order valence-electron chi connectivity index (χ2n) is 6.57. The molecule has 0 spiro atoms. The molecule has 3 aromatic rings. The van der Waals surface area contributed by atoms with Crippen LogP contribution < -0.4 is 10.2 Å². The maximum atomic E-state index is 12.7. The van der Waals surface area contributed by atoms with Crippen LogP contribution in [0.2, 0.25) is 0 Å². The van der Waals surface area contributed by atoms with Gasteiger partial charge in [-0.05, 0) is 43.5 Å². The Hall–Kier alpha value is -2.59. The molecule has 4 rings (SSSR count). The molecule has 1 aliphatic heterocycles. The fourth-order valence-corrected chi connectivity index (χ4v) is 3.44. The number of carbonyl (C=O) groups is 1. The van der Waals surface area contributed by atoms with E-state index in [4.69, 9.17) is 4.42 Å². The minimum Gasteiger partial charge on any atom is -0.459 e. The summed E-state index contributed by atoms with van der Waals surface area (Å²) >= 11 is 0. The van der Waals surface area contributed by atoms with Crippen LogP contribution in [0.25, 0.3) is 11.0 Å². The van der Waals surface area contributed by atoms with Gasteiger partial charge in [0.15, 0.2) is 0 Å². The zero-order valence-electron chi connectivity index (χ0n) is 14.4. The highest BCUT2D eigenvalue weighted by Crippen LogP contribution is 2.27. The number of carbonyl (C=O) groups excluding carboxylic acids is 1. The van der Waals surface area contributed by atoms with Crippen LogP contribution in [0, 0.1) is 0 Å². The maximum absolute atomic E-state index is 12.7. The molecule has 0 bridgehead atoms. The highest BCUT2D eigenvalue weighted by atomic mass is 16.3. The second kappa shape index (κ2) is 6.73. The van der Waals surface area contributed by atoms with Crippen LogP contribution in [-0.4, -0.2) is 19.0 Å². The summed E-state index contributed by atoms with van der Waals surface area (Å²) in [5.41, 5.74) is 3.19. The average Bonchev–Trinajstić information content (AvgIpc) is 3.09. The van der Waals surface area contributed by atoms with Crippen LogP contribution >= 0.6 is 0 Å². The third-order valence-electron chi connectivity index (χ3n) is 4.84. The molecule has 0 radical (unpaired) electrons. The Bertz CT molecular complexity index is 867. The van der Waals surface area contributed by atoms with Gasteiger partial charge in [-0.15, -0.1) is 0 Å². The van der Waals surface area contributed by atoms with Crippen molar-refractivity contribution in [2.45, 2.75) is 25.8 Å². The lowest BCUT2D eigenvalue weighted by Gasteiger charge is -2.30. The summed E-state index contributed by atoms with van der Waals surface area (Å²) in [7, 11) is 0. The minimum absolute atomic E-state index is 0.0172. The first kappa shape index (κ1) is 15.9. The number of anilines is 1. The number of rotatable bonds is 4. The Morgan fingerprint density at radius 2 is 2.00 bits per heavy atom. The molecule has 1 atom stereocenters. The third-order valence-corrected chi connectivity index (χ3v) is 4.84. The summed E-state index contributed by atoms with van der Waals surface area (Å²) in [5.74, 6) is 0.961. The molecule has 1 aromatic heterocycles. The zero-order valence-corrected chi connectivity index (χ0v) is 14.4. The van der Waals surface area contributed by atoms with Gasteiger partial charge in [-0.25, -0.2) is 0 Å². The van der Waals surface area contributed by atoms with E-state index in [0.29, 0.717) is 6.54 Å². The van der Waals surface area contributed by atoms with Gasteiger partial charge in [0.2, 0.25) is 5.91 Å². The quantitative estimate of drug-likeness (QED) is 0.782. The molecular formula is C21H22N2O2. The number of aryl methyl sites for hydroxylation is 1. The first-order valence-electron chi connectivity index (χ1n) is 8.82. The number of nitrogens with one attached hydrogen (secondary N) is 1. The predicted octanol–water partition coefficient (Wildman–Crippen LogP) is 4.06. The number of fused-ring (bicyclic) bond motifs is 2. The predicted molar refractivity (Wildman–Crippen MR) is 99.7 cm³/mol. The second-order valence-corrected chi connectivity index (χ2v) is 6.57. The molecule has 0 saturated heterocycles. The molecule has 0 fully saturated rings. The zero-order chi connectivity index (χ0) is 17.2. The van der Waals surface area contributed by atoms with Crippen molar-refractivity contribution in [2.24, 2.45) is 0 Å². The first-order valence-corrected chi connectivity index (χ1v) is 8.82. The fourth-order valence-electron chi connectivity index (χ4n) is 3.44. The molecular weight excluding hydrogens is 312 g/mol. The van der Waals surface area contributed by atoms with Gasteiger partial charge < -0.3 is 9.32 Å². The van der Waals surface area contributed by atoms with Gasteiger partial charge in [0.1, 0.15) is 11.3 Å². The van der Waals surface area contributed by atoms with Crippen molar-refractivity contribution in [1.29, 1.82) is 0 Å². The van der Waals surface area contributed by atoms with E-state index >= 15 is 0 Å². The van der Waals surface area contributed by atoms with Crippen molar-refractivity contribution in [3.05, 3.63) is 65.9 Å². The van der Waals surface area contributed by atoms with Gasteiger partial charge in [0, 0.05) is 17.6 Å². The first-order chi connectivity index (χ1) is 12.2. The Morgan fingerprint density at radius 3 is 2.88 bits per heavy atom. The Labute approximate surface area is 147 Å². The Morgan fingerprint density at radius 1 is 1.20 bits per heavy atom. The summed E-state index contributed by atoms with van der Waals surface area (Å²) in [6.07, 6.45) is 2.06. The van der Waals surface area contributed by atoms with E-state index in [1.807, 2.05) is 60.4 Å². The fraction of sp³-hybridized carbons (Fsp3) is 0.286. The molecule has 1 amide bonds. The van der Waals surface area contributed by atoms with Crippen molar-refractivity contribution in [3.8, 4) is 0 Å². The van der Waals surface area contributed by atoms with E-state index in [-0.39, 0.29) is 11.9 Å². The normalized spacial score (nSPS) is 15.2. The lowest BCUT2D eigenvalue weighted by atomic mass is 10.0. The SMILES string of the molecule is CC(NCC(=O)N1CCCc2ccccc21)c1cc2ccccc2o1. The largest absolute Gasteiger partial charge is 0.459 e. The molecule has 1 aliphatic rings. The van der Waals surface area contributed by atoms with Gasteiger partial charge in [0.05, 0.1) is 12.6 Å². The number of nitrogens with zero attached hydrogens (tertiary/aromatic N) is 1. The summed E-state index contributed by atoms with van der Waals surface area (Å²) < 4.78 is 5.88. The molecule has 25 heavy (non-hydrogen) atoms. The van der Waals surface area contributed by atoms with Crippen LogP contribution in [0.5, 0.6) is 0 Å². The average molecular weight is 334 g/mol. The summed E-state index contributed by atoms with van der Waals surface area (Å²) in [5, 5.41) is 4.39. The van der Waals surface area contributed by atoms with Gasteiger partial charge >= 0.3 is 0 Å². The molecule has 4 heteroatoms. The maximum Gasteiger partial charge on any atom is 0.240 e. The van der Waals surface area contributed by atoms with E-state index in [1.165, 1.54) is 5.56 Å². The van der Waals surface area contributed by atoms with Crippen LogP contribution in [0.3, 0.4) is 0 Å². The molecule has 2 heterocycles. The highest BCUT2D eigenvalue weighted by molar-refractivity contribution is 5.96. The summed E-state index contributed by atoms with van der Waals surface area (Å²) in [6.45, 7) is 3.11. The number of hydrogen-bond acceptors (Lipinski definition) is 3. The van der Waals surface area contributed by atoms with E-state index < -0.39 is 0 Å². The standard InChI is InChI=1S/C21H22N2O2/c1-15(20-13-17-8-3-5-11-19(17)25-20)22-14-21(24)23-12-6-9-16-7-2-4-10-18(16)23/h2-5,7-8,10-11,13,15,22H,6,9,12,14H2,1H3. The van der Waals surface area contributed by atoms with Crippen molar-refractivity contribution >= 4 is 22.6 Å².